The maximum absolute atomic E-state index is 10.8. The van der Waals surface area contributed by atoms with Gasteiger partial charge in [0.2, 0.25) is 0 Å². The molecule has 1 unspecified atom stereocenters. The summed E-state index contributed by atoms with van der Waals surface area (Å²) in [5, 5.41) is 5.99. The third kappa shape index (κ3) is 3.75. The number of nitrogens with two attached hydrogens (primary N) is 1. The Hall–Kier alpha value is -2.49. The first-order chi connectivity index (χ1) is 9.54. The molecule has 0 fully saturated rings. The van der Waals surface area contributed by atoms with Crippen molar-refractivity contribution in [2.75, 3.05) is 10.6 Å². The lowest BCUT2D eigenvalue weighted by molar-refractivity contribution is 0.259. The van der Waals surface area contributed by atoms with Gasteiger partial charge in [-0.25, -0.2) is 4.79 Å². The van der Waals surface area contributed by atoms with Crippen molar-refractivity contribution in [2.45, 2.75) is 19.9 Å². The molecule has 1 atom stereocenters. The van der Waals surface area contributed by atoms with Crippen molar-refractivity contribution in [1.82, 2.24) is 0 Å². The summed E-state index contributed by atoms with van der Waals surface area (Å²) in [7, 11) is 0. The maximum atomic E-state index is 10.8. The molecule has 0 aliphatic rings. The van der Waals surface area contributed by atoms with E-state index in [1.165, 1.54) is 5.56 Å². The molecule has 0 aromatic heterocycles. The van der Waals surface area contributed by atoms with Crippen LogP contribution in [0.3, 0.4) is 0 Å². The van der Waals surface area contributed by atoms with Gasteiger partial charge in [-0.3, -0.25) is 0 Å². The zero-order valence-corrected chi connectivity index (χ0v) is 11.7. The zero-order valence-electron chi connectivity index (χ0n) is 11.7. The van der Waals surface area contributed by atoms with E-state index in [0.717, 1.165) is 11.3 Å². The van der Waals surface area contributed by atoms with Gasteiger partial charge in [-0.05, 0) is 49.2 Å². The maximum Gasteiger partial charge on any atom is 0.316 e. The normalized spacial score (nSPS) is 11.7. The minimum Gasteiger partial charge on any atom is -0.379 e. The Morgan fingerprint density at radius 1 is 1.10 bits per heavy atom. The van der Waals surface area contributed by atoms with E-state index >= 15 is 0 Å². The fraction of sp³-hybridized carbons (Fsp3) is 0.188. The minimum atomic E-state index is -0.552. The van der Waals surface area contributed by atoms with E-state index in [2.05, 4.69) is 36.6 Å². The van der Waals surface area contributed by atoms with Gasteiger partial charge in [0.1, 0.15) is 0 Å². The third-order valence-electron chi connectivity index (χ3n) is 3.08. The lowest BCUT2D eigenvalue weighted by Crippen LogP contribution is -2.19. The summed E-state index contributed by atoms with van der Waals surface area (Å²) in [5.74, 6) is 0. The quantitative estimate of drug-likeness (QED) is 0.793. The Kier molecular flexibility index (Phi) is 4.25. The molecule has 2 aromatic rings. The van der Waals surface area contributed by atoms with Crippen molar-refractivity contribution < 1.29 is 4.79 Å². The van der Waals surface area contributed by atoms with Gasteiger partial charge >= 0.3 is 6.03 Å². The fourth-order valence-electron chi connectivity index (χ4n) is 2.07. The number of urea groups is 1. The molecule has 2 amide bonds. The molecule has 0 bridgehead atoms. The van der Waals surface area contributed by atoms with Gasteiger partial charge < -0.3 is 16.4 Å². The summed E-state index contributed by atoms with van der Waals surface area (Å²) in [5.41, 5.74) is 9.23. The SMILES string of the molecule is Cc1cccc(NC(C)c2ccc(NC(N)=O)cc2)c1. The molecular formula is C16H19N3O. The van der Waals surface area contributed by atoms with E-state index < -0.39 is 6.03 Å². The molecule has 0 spiro atoms. The molecule has 0 saturated heterocycles. The van der Waals surface area contributed by atoms with Crippen LogP contribution in [-0.4, -0.2) is 6.03 Å². The Bertz CT molecular complexity index is 593. The minimum absolute atomic E-state index is 0.180. The number of anilines is 2. The largest absolute Gasteiger partial charge is 0.379 e. The predicted molar refractivity (Wildman–Crippen MR) is 82.9 cm³/mol. The third-order valence-corrected chi connectivity index (χ3v) is 3.08. The molecule has 4 N–H and O–H groups in total. The molecule has 4 nitrogen and oxygen atoms in total. The fourth-order valence-corrected chi connectivity index (χ4v) is 2.07. The molecule has 2 aromatic carbocycles. The molecule has 0 radical (unpaired) electrons. The van der Waals surface area contributed by atoms with Crippen LogP contribution < -0.4 is 16.4 Å². The Morgan fingerprint density at radius 3 is 2.40 bits per heavy atom. The molecule has 20 heavy (non-hydrogen) atoms. The smallest absolute Gasteiger partial charge is 0.316 e. The molecule has 0 aliphatic heterocycles. The van der Waals surface area contributed by atoms with Crippen molar-refractivity contribution in [1.29, 1.82) is 0 Å². The Morgan fingerprint density at radius 2 is 1.80 bits per heavy atom. The lowest BCUT2D eigenvalue weighted by atomic mass is 10.1. The number of carbonyl (C=O) groups is 1. The summed E-state index contributed by atoms with van der Waals surface area (Å²) in [6.45, 7) is 4.17. The van der Waals surface area contributed by atoms with E-state index in [-0.39, 0.29) is 6.04 Å². The van der Waals surface area contributed by atoms with E-state index in [1.54, 1.807) is 0 Å². The molecule has 0 heterocycles. The molecule has 2 rings (SSSR count). The highest BCUT2D eigenvalue weighted by atomic mass is 16.2. The average molecular weight is 269 g/mol. The van der Waals surface area contributed by atoms with Crippen LogP contribution in [0.5, 0.6) is 0 Å². The van der Waals surface area contributed by atoms with Crippen molar-refractivity contribution in [2.24, 2.45) is 5.73 Å². The summed E-state index contributed by atoms with van der Waals surface area (Å²) in [6.07, 6.45) is 0. The van der Waals surface area contributed by atoms with Crippen LogP contribution in [0.15, 0.2) is 48.5 Å². The number of rotatable bonds is 4. The van der Waals surface area contributed by atoms with Crippen LogP contribution in [0.1, 0.15) is 24.1 Å². The monoisotopic (exact) mass is 269 g/mol. The highest BCUT2D eigenvalue weighted by Gasteiger charge is 2.05. The van der Waals surface area contributed by atoms with Crippen LogP contribution >= 0.6 is 0 Å². The number of primary amides is 1. The van der Waals surface area contributed by atoms with E-state index in [0.29, 0.717) is 5.69 Å². The van der Waals surface area contributed by atoms with Gasteiger partial charge in [-0.2, -0.15) is 0 Å². The first-order valence-corrected chi connectivity index (χ1v) is 6.54. The van der Waals surface area contributed by atoms with Gasteiger partial charge in [-0.15, -0.1) is 0 Å². The second-order valence-corrected chi connectivity index (χ2v) is 4.85. The van der Waals surface area contributed by atoms with Gasteiger partial charge in [-0.1, -0.05) is 24.3 Å². The van der Waals surface area contributed by atoms with Crippen LogP contribution in [0.25, 0.3) is 0 Å². The Labute approximate surface area is 119 Å². The van der Waals surface area contributed by atoms with Gasteiger partial charge in [0, 0.05) is 17.4 Å². The second-order valence-electron chi connectivity index (χ2n) is 4.85. The second kappa shape index (κ2) is 6.10. The van der Waals surface area contributed by atoms with E-state index in [4.69, 9.17) is 5.73 Å². The first kappa shape index (κ1) is 13.9. The first-order valence-electron chi connectivity index (χ1n) is 6.54. The summed E-state index contributed by atoms with van der Waals surface area (Å²) in [4.78, 5) is 10.8. The number of carbonyl (C=O) groups excluding carboxylic acids is 1. The standard InChI is InChI=1S/C16H19N3O/c1-11-4-3-5-15(10-11)18-12(2)13-6-8-14(9-7-13)19-16(17)20/h3-10,12,18H,1-2H3,(H3,17,19,20). The van der Waals surface area contributed by atoms with Crippen LogP contribution in [0, 0.1) is 6.92 Å². The molecule has 0 aliphatic carbocycles. The Balaban J connectivity index is 2.05. The highest BCUT2D eigenvalue weighted by Crippen LogP contribution is 2.21. The van der Waals surface area contributed by atoms with Gasteiger partial charge in [0.05, 0.1) is 0 Å². The topological polar surface area (TPSA) is 67.2 Å². The molecule has 104 valence electrons. The highest BCUT2D eigenvalue weighted by molar-refractivity contribution is 5.87. The van der Waals surface area contributed by atoms with Crippen LogP contribution in [0.4, 0.5) is 16.2 Å². The van der Waals surface area contributed by atoms with Crippen molar-refractivity contribution in [3.8, 4) is 0 Å². The van der Waals surface area contributed by atoms with Crippen LogP contribution in [0.2, 0.25) is 0 Å². The average Bonchev–Trinajstić information content (AvgIpc) is 2.38. The number of benzene rings is 2. The van der Waals surface area contributed by atoms with Crippen molar-refractivity contribution in [3.63, 3.8) is 0 Å². The summed E-state index contributed by atoms with van der Waals surface area (Å²) in [6, 6.07) is 15.5. The number of aryl methyl sites for hydroxylation is 1. The van der Waals surface area contributed by atoms with Gasteiger partial charge in [0.15, 0.2) is 0 Å². The summed E-state index contributed by atoms with van der Waals surface area (Å²) >= 11 is 0. The molecule has 0 saturated carbocycles. The number of amides is 2. The lowest BCUT2D eigenvalue weighted by Gasteiger charge is -2.16. The predicted octanol–water partition coefficient (Wildman–Crippen LogP) is 3.66. The van der Waals surface area contributed by atoms with Crippen LogP contribution in [-0.2, 0) is 0 Å². The number of hydrogen-bond acceptors (Lipinski definition) is 2. The van der Waals surface area contributed by atoms with Gasteiger partial charge in [0.25, 0.3) is 0 Å². The van der Waals surface area contributed by atoms with E-state index in [1.807, 2.05) is 36.4 Å². The molecule has 4 heteroatoms. The number of nitrogens with one attached hydrogen (secondary N) is 2. The van der Waals surface area contributed by atoms with Crippen molar-refractivity contribution in [3.05, 3.63) is 59.7 Å². The number of hydrogen-bond donors (Lipinski definition) is 3. The molecular weight excluding hydrogens is 250 g/mol. The van der Waals surface area contributed by atoms with Crippen molar-refractivity contribution >= 4 is 17.4 Å². The zero-order chi connectivity index (χ0) is 14.5. The summed E-state index contributed by atoms with van der Waals surface area (Å²) < 4.78 is 0. The van der Waals surface area contributed by atoms with E-state index in [9.17, 15) is 4.79 Å².